The van der Waals surface area contributed by atoms with Crippen LogP contribution in [0.1, 0.15) is 13.3 Å². The number of halogens is 1. The van der Waals surface area contributed by atoms with Crippen LogP contribution in [0.25, 0.3) is 0 Å². The van der Waals surface area contributed by atoms with Gasteiger partial charge in [0.05, 0.1) is 0 Å². The molecule has 42 valence electrons. The van der Waals surface area contributed by atoms with Gasteiger partial charge in [0, 0.05) is 10.9 Å². The number of alkyl halides is 1. The normalized spacial score (nSPS) is 49.3. The quantitative estimate of drug-likeness (QED) is 0.578. The molecular weight excluding hydrogens is 156 g/mol. The average Bonchev–Trinajstić information content (AvgIpc) is 2.13. The van der Waals surface area contributed by atoms with Crippen molar-refractivity contribution in [2.45, 2.75) is 17.7 Å². The van der Waals surface area contributed by atoms with Crippen LogP contribution in [0.4, 0.5) is 0 Å². The molecule has 0 unspecified atom stereocenters. The van der Waals surface area contributed by atoms with Gasteiger partial charge < -0.3 is 5.11 Å². The van der Waals surface area contributed by atoms with Crippen molar-refractivity contribution in [3.05, 3.63) is 0 Å². The highest BCUT2D eigenvalue weighted by atomic mass is 79.9. The second-order valence-electron chi connectivity index (χ2n) is 2.36. The smallest absolute Gasteiger partial charge is 0.0473 e. The fraction of sp³-hybridized carbons (Fsp3) is 1.00. The summed E-state index contributed by atoms with van der Waals surface area (Å²) in [7, 11) is 0. The van der Waals surface area contributed by atoms with Gasteiger partial charge in [-0.1, -0.05) is 15.9 Å². The van der Waals surface area contributed by atoms with Gasteiger partial charge in [-0.25, -0.2) is 0 Å². The number of aliphatic hydroxyl groups excluding tert-OH is 1. The van der Waals surface area contributed by atoms with E-state index in [1.807, 2.05) is 0 Å². The van der Waals surface area contributed by atoms with E-state index in [0.29, 0.717) is 12.5 Å². The Bertz CT molecular complexity index is 80.1. The Labute approximate surface area is 51.9 Å². The SMILES string of the molecule is C[C@@]1(Br)C[C@H]1CO. The highest BCUT2D eigenvalue weighted by Crippen LogP contribution is 2.50. The third-order valence-corrected chi connectivity index (χ3v) is 2.53. The van der Waals surface area contributed by atoms with Crippen molar-refractivity contribution in [1.82, 2.24) is 0 Å². The zero-order valence-electron chi connectivity index (χ0n) is 4.32. The number of hydrogen-bond acceptors (Lipinski definition) is 1. The lowest BCUT2D eigenvalue weighted by Crippen LogP contribution is -1.96. The average molecular weight is 165 g/mol. The number of hydrogen-bond donors (Lipinski definition) is 1. The van der Waals surface area contributed by atoms with Crippen LogP contribution in [-0.4, -0.2) is 16.0 Å². The lowest BCUT2D eigenvalue weighted by Gasteiger charge is -1.92. The topological polar surface area (TPSA) is 20.2 Å². The maximum atomic E-state index is 8.51. The Morgan fingerprint density at radius 1 is 2.00 bits per heavy atom. The molecule has 1 aliphatic rings. The zero-order chi connectivity index (χ0) is 5.49. The van der Waals surface area contributed by atoms with Gasteiger partial charge >= 0.3 is 0 Å². The first-order chi connectivity index (χ1) is 3.17. The molecule has 7 heavy (non-hydrogen) atoms. The molecule has 2 atom stereocenters. The number of aliphatic hydroxyl groups is 1. The van der Waals surface area contributed by atoms with Crippen molar-refractivity contribution in [3.63, 3.8) is 0 Å². The maximum absolute atomic E-state index is 8.51. The standard InChI is InChI=1S/C5H9BrO/c1-5(6)2-4(5)3-7/h4,7H,2-3H2,1H3/t4-,5+/m0/s1. The van der Waals surface area contributed by atoms with Crippen molar-refractivity contribution < 1.29 is 5.11 Å². The van der Waals surface area contributed by atoms with E-state index in [2.05, 4.69) is 22.9 Å². The Morgan fingerprint density at radius 3 is 2.43 bits per heavy atom. The third kappa shape index (κ3) is 0.970. The summed E-state index contributed by atoms with van der Waals surface area (Å²) in [5, 5.41) is 8.51. The van der Waals surface area contributed by atoms with E-state index in [1.165, 1.54) is 0 Å². The first-order valence-electron chi connectivity index (χ1n) is 2.46. The molecule has 0 aromatic carbocycles. The van der Waals surface area contributed by atoms with Gasteiger partial charge in [-0.05, 0) is 19.3 Å². The van der Waals surface area contributed by atoms with Crippen molar-refractivity contribution in [1.29, 1.82) is 0 Å². The molecule has 1 fully saturated rings. The van der Waals surface area contributed by atoms with Crippen molar-refractivity contribution in [3.8, 4) is 0 Å². The van der Waals surface area contributed by atoms with Crippen molar-refractivity contribution in [2.75, 3.05) is 6.61 Å². The Hall–Kier alpha value is 0.440. The van der Waals surface area contributed by atoms with Crippen LogP contribution in [-0.2, 0) is 0 Å². The van der Waals surface area contributed by atoms with Gasteiger partial charge in [0.15, 0.2) is 0 Å². The minimum Gasteiger partial charge on any atom is -0.396 e. The number of rotatable bonds is 1. The predicted octanol–water partition coefficient (Wildman–Crippen LogP) is 1.15. The van der Waals surface area contributed by atoms with E-state index in [-0.39, 0.29) is 4.32 Å². The molecule has 1 rings (SSSR count). The van der Waals surface area contributed by atoms with E-state index < -0.39 is 0 Å². The van der Waals surface area contributed by atoms with Gasteiger partial charge in [-0.2, -0.15) is 0 Å². The zero-order valence-corrected chi connectivity index (χ0v) is 5.90. The van der Waals surface area contributed by atoms with Crippen LogP contribution in [0.2, 0.25) is 0 Å². The van der Waals surface area contributed by atoms with Crippen LogP contribution in [0, 0.1) is 5.92 Å². The molecule has 1 saturated carbocycles. The monoisotopic (exact) mass is 164 g/mol. The summed E-state index contributed by atoms with van der Waals surface area (Å²) in [4.78, 5) is 0. The first-order valence-corrected chi connectivity index (χ1v) is 3.26. The van der Waals surface area contributed by atoms with Crippen LogP contribution in [0.3, 0.4) is 0 Å². The summed E-state index contributed by atoms with van der Waals surface area (Å²) in [5.41, 5.74) is 0. The summed E-state index contributed by atoms with van der Waals surface area (Å²) >= 11 is 3.45. The summed E-state index contributed by atoms with van der Waals surface area (Å²) in [6.45, 7) is 2.44. The van der Waals surface area contributed by atoms with E-state index in [9.17, 15) is 0 Å². The summed E-state index contributed by atoms with van der Waals surface area (Å²) < 4.78 is 0.280. The lowest BCUT2D eigenvalue weighted by atomic mass is 10.4. The molecule has 0 aliphatic heterocycles. The Balaban J connectivity index is 2.30. The third-order valence-electron chi connectivity index (χ3n) is 1.56. The second-order valence-corrected chi connectivity index (χ2v) is 4.17. The molecule has 1 N–H and O–H groups in total. The molecule has 1 aliphatic carbocycles. The van der Waals surface area contributed by atoms with Gasteiger partial charge in [-0.15, -0.1) is 0 Å². The van der Waals surface area contributed by atoms with E-state index in [1.54, 1.807) is 0 Å². The molecule has 0 saturated heterocycles. The Kier molecular flexibility index (Phi) is 1.16. The largest absolute Gasteiger partial charge is 0.396 e. The van der Waals surface area contributed by atoms with Gasteiger partial charge in [-0.3, -0.25) is 0 Å². The fourth-order valence-electron chi connectivity index (χ4n) is 0.678. The van der Waals surface area contributed by atoms with Gasteiger partial charge in [0.25, 0.3) is 0 Å². The van der Waals surface area contributed by atoms with E-state index in [4.69, 9.17) is 5.11 Å². The summed E-state index contributed by atoms with van der Waals surface area (Å²) in [5.74, 6) is 0.521. The van der Waals surface area contributed by atoms with E-state index >= 15 is 0 Å². The van der Waals surface area contributed by atoms with E-state index in [0.717, 1.165) is 6.42 Å². The van der Waals surface area contributed by atoms with Crippen molar-refractivity contribution in [2.24, 2.45) is 5.92 Å². The fourth-order valence-corrected chi connectivity index (χ4v) is 1.21. The summed E-state index contributed by atoms with van der Waals surface area (Å²) in [6, 6.07) is 0. The Morgan fingerprint density at radius 2 is 2.43 bits per heavy atom. The van der Waals surface area contributed by atoms with Gasteiger partial charge in [0.2, 0.25) is 0 Å². The highest BCUT2D eigenvalue weighted by molar-refractivity contribution is 9.10. The maximum Gasteiger partial charge on any atom is 0.0473 e. The molecule has 1 nitrogen and oxygen atoms in total. The van der Waals surface area contributed by atoms with Crippen LogP contribution >= 0.6 is 15.9 Å². The molecule has 0 aromatic rings. The van der Waals surface area contributed by atoms with Crippen LogP contribution in [0.15, 0.2) is 0 Å². The molecule has 0 heterocycles. The summed E-state index contributed by atoms with van der Waals surface area (Å²) in [6.07, 6.45) is 1.13. The highest BCUT2D eigenvalue weighted by Gasteiger charge is 2.46. The molecule has 0 amide bonds. The van der Waals surface area contributed by atoms with Crippen LogP contribution in [0.5, 0.6) is 0 Å². The molecular formula is C5H9BrO. The first kappa shape index (κ1) is 5.57. The molecule has 0 spiro atoms. The van der Waals surface area contributed by atoms with Crippen molar-refractivity contribution >= 4 is 15.9 Å². The molecule has 0 bridgehead atoms. The second kappa shape index (κ2) is 1.46. The van der Waals surface area contributed by atoms with Gasteiger partial charge in [0.1, 0.15) is 0 Å². The molecule has 2 heteroatoms. The lowest BCUT2D eigenvalue weighted by molar-refractivity contribution is 0.273. The molecule has 0 aromatic heterocycles. The minimum atomic E-state index is 0.280. The minimum absolute atomic E-state index is 0.280. The predicted molar refractivity (Wildman–Crippen MR) is 32.5 cm³/mol. The molecule has 0 radical (unpaired) electrons. The van der Waals surface area contributed by atoms with Crippen LogP contribution < -0.4 is 0 Å².